The van der Waals surface area contributed by atoms with Crippen molar-refractivity contribution in [3.8, 4) is 0 Å². The Balaban J connectivity index is 1.43. The fourth-order valence-electron chi connectivity index (χ4n) is 5.42. The molecule has 2 aliphatic heterocycles. The molecule has 6 nitrogen and oxygen atoms in total. The van der Waals surface area contributed by atoms with Gasteiger partial charge >= 0.3 is 0 Å². The van der Waals surface area contributed by atoms with E-state index < -0.39 is 0 Å². The third-order valence-corrected chi connectivity index (χ3v) is 6.85. The third kappa shape index (κ3) is 3.50. The van der Waals surface area contributed by atoms with Crippen molar-refractivity contribution in [2.45, 2.75) is 70.8 Å². The van der Waals surface area contributed by atoms with Crippen molar-refractivity contribution in [3.63, 3.8) is 0 Å². The van der Waals surface area contributed by atoms with Gasteiger partial charge in [-0.1, -0.05) is 0 Å². The lowest BCUT2D eigenvalue weighted by atomic mass is 9.83. The van der Waals surface area contributed by atoms with Crippen LogP contribution in [0.4, 0.5) is 0 Å². The quantitative estimate of drug-likeness (QED) is 0.802. The van der Waals surface area contributed by atoms with Crippen LogP contribution in [0.25, 0.3) is 0 Å². The van der Waals surface area contributed by atoms with Crippen molar-refractivity contribution in [2.75, 3.05) is 19.6 Å². The topological polar surface area (TPSA) is 58.4 Å². The molecule has 27 heavy (non-hydrogen) atoms. The number of nitrogens with zero attached hydrogens (tertiary/aromatic N) is 4. The van der Waals surface area contributed by atoms with Crippen LogP contribution in [-0.2, 0) is 24.7 Å². The molecule has 0 radical (unpaired) electrons. The van der Waals surface area contributed by atoms with Gasteiger partial charge in [0, 0.05) is 45.2 Å². The summed E-state index contributed by atoms with van der Waals surface area (Å²) in [7, 11) is 1.91. The summed E-state index contributed by atoms with van der Waals surface area (Å²) in [6, 6.07) is 0.373. The molecule has 0 spiro atoms. The number of likely N-dealkylation sites (tertiary alicyclic amines) is 2. The first-order valence-corrected chi connectivity index (χ1v) is 10.7. The highest BCUT2D eigenvalue weighted by atomic mass is 16.2. The zero-order valence-corrected chi connectivity index (χ0v) is 16.7. The number of amides is 2. The van der Waals surface area contributed by atoms with Gasteiger partial charge in [-0.25, -0.2) is 0 Å². The monoisotopic (exact) mass is 372 g/mol. The number of rotatable bonds is 2. The third-order valence-electron chi connectivity index (χ3n) is 6.85. The first-order valence-electron chi connectivity index (χ1n) is 10.7. The lowest BCUT2D eigenvalue weighted by Gasteiger charge is -2.43. The van der Waals surface area contributed by atoms with Crippen LogP contribution in [-0.4, -0.2) is 57.1 Å². The summed E-state index contributed by atoms with van der Waals surface area (Å²) in [6.07, 6.45) is 9.78. The first kappa shape index (κ1) is 18.5. The Morgan fingerprint density at radius 2 is 1.70 bits per heavy atom. The number of piperidine rings is 2. The Labute approximate surface area is 161 Å². The van der Waals surface area contributed by atoms with Crippen molar-refractivity contribution in [2.24, 2.45) is 13.0 Å². The van der Waals surface area contributed by atoms with Gasteiger partial charge in [-0.3, -0.25) is 14.3 Å². The van der Waals surface area contributed by atoms with E-state index in [2.05, 4.69) is 10.00 Å². The van der Waals surface area contributed by atoms with Crippen molar-refractivity contribution in [1.29, 1.82) is 0 Å². The van der Waals surface area contributed by atoms with Gasteiger partial charge in [0.25, 0.3) is 5.91 Å². The molecule has 3 heterocycles. The summed E-state index contributed by atoms with van der Waals surface area (Å²) in [4.78, 5) is 29.3. The fraction of sp³-hybridized carbons (Fsp3) is 0.762. The number of aryl methyl sites for hydroxylation is 2. The normalized spacial score (nSPS) is 24.0. The average molecular weight is 373 g/mol. The second-order valence-electron chi connectivity index (χ2n) is 8.51. The molecule has 3 aliphatic rings. The molecule has 1 aromatic heterocycles. The molecular weight excluding hydrogens is 340 g/mol. The molecule has 1 aromatic rings. The van der Waals surface area contributed by atoms with Crippen LogP contribution in [0, 0.1) is 5.92 Å². The minimum atomic E-state index is 0.152. The largest absolute Gasteiger partial charge is 0.340 e. The van der Waals surface area contributed by atoms with Gasteiger partial charge in [0.1, 0.15) is 5.69 Å². The lowest BCUT2D eigenvalue weighted by Crippen LogP contribution is -2.50. The van der Waals surface area contributed by atoms with E-state index in [1.807, 2.05) is 16.6 Å². The zero-order valence-electron chi connectivity index (χ0n) is 16.7. The molecule has 148 valence electrons. The van der Waals surface area contributed by atoms with Crippen molar-refractivity contribution in [1.82, 2.24) is 19.6 Å². The second kappa shape index (κ2) is 7.64. The molecule has 1 aliphatic carbocycles. The predicted octanol–water partition coefficient (Wildman–Crippen LogP) is 2.55. The Kier molecular flexibility index (Phi) is 5.24. The molecule has 2 fully saturated rings. The standard InChI is InChI=1S/C21H32N4O2/c1-15(26)25-12-6-5-9-19(25)16-10-13-24(14-11-16)21(27)20-17-7-3-4-8-18(17)22-23(20)2/h16,19H,3-14H2,1-2H3. The zero-order chi connectivity index (χ0) is 19.0. The number of hydrogen-bond donors (Lipinski definition) is 0. The molecule has 2 saturated heterocycles. The molecule has 1 unspecified atom stereocenters. The van der Waals surface area contributed by atoms with E-state index in [1.54, 1.807) is 6.92 Å². The van der Waals surface area contributed by atoms with E-state index in [0.717, 1.165) is 76.0 Å². The maximum absolute atomic E-state index is 13.2. The van der Waals surface area contributed by atoms with Crippen LogP contribution >= 0.6 is 0 Å². The molecule has 2 amide bonds. The van der Waals surface area contributed by atoms with Crippen molar-refractivity contribution < 1.29 is 9.59 Å². The van der Waals surface area contributed by atoms with Crippen LogP contribution in [0.15, 0.2) is 0 Å². The molecule has 0 bridgehead atoms. The highest BCUT2D eigenvalue weighted by Gasteiger charge is 2.36. The average Bonchev–Trinajstić information content (AvgIpc) is 3.03. The summed E-state index contributed by atoms with van der Waals surface area (Å²) in [6.45, 7) is 4.19. The van der Waals surface area contributed by atoms with Crippen LogP contribution in [0.2, 0.25) is 0 Å². The summed E-state index contributed by atoms with van der Waals surface area (Å²) < 4.78 is 1.81. The predicted molar refractivity (Wildman–Crippen MR) is 104 cm³/mol. The summed E-state index contributed by atoms with van der Waals surface area (Å²) >= 11 is 0. The smallest absolute Gasteiger partial charge is 0.272 e. The van der Waals surface area contributed by atoms with Crippen molar-refractivity contribution >= 4 is 11.8 Å². The number of hydrogen-bond acceptors (Lipinski definition) is 3. The van der Waals surface area contributed by atoms with Gasteiger partial charge in [-0.05, 0) is 63.7 Å². The van der Waals surface area contributed by atoms with Crippen LogP contribution in [0.5, 0.6) is 0 Å². The van der Waals surface area contributed by atoms with E-state index in [0.29, 0.717) is 12.0 Å². The number of carbonyl (C=O) groups excluding carboxylic acids is 2. The molecular formula is C21H32N4O2. The Morgan fingerprint density at radius 1 is 0.963 bits per heavy atom. The van der Waals surface area contributed by atoms with E-state index >= 15 is 0 Å². The minimum absolute atomic E-state index is 0.152. The van der Waals surface area contributed by atoms with Gasteiger partial charge < -0.3 is 9.80 Å². The number of carbonyl (C=O) groups is 2. The van der Waals surface area contributed by atoms with E-state index in [9.17, 15) is 9.59 Å². The highest BCUT2D eigenvalue weighted by Crippen LogP contribution is 2.32. The Morgan fingerprint density at radius 3 is 2.44 bits per heavy atom. The molecule has 0 saturated carbocycles. The highest BCUT2D eigenvalue weighted by molar-refractivity contribution is 5.94. The first-order chi connectivity index (χ1) is 13.1. The Hall–Kier alpha value is -1.85. The van der Waals surface area contributed by atoms with E-state index in [4.69, 9.17) is 0 Å². The molecule has 0 N–H and O–H groups in total. The van der Waals surface area contributed by atoms with Gasteiger partial charge in [0.05, 0.1) is 5.69 Å². The van der Waals surface area contributed by atoms with Crippen molar-refractivity contribution in [3.05, 3.63) is 17.0 Å². The molecule has 6 heteroatoms. The van der Waals surface area contributed by atoms with E-state index in [-0.39, 0.29) is 11.8 Å². The summed E-state index contributed by atoms with van der Waals surface area (Å²) in [5.74, 6) is 0.886. The fourth-order valence-corrected chi connectivity index (χ4v) is 5.42. The number of fused-ring (bicyclic) bond motifs is 1. The second-order valence-corrected chi connectivity index (χ2v) is 8.51. The SMILES string of the molecule is CC(=O)N1CCCCC1C1CCN(C(=O)c2c3c(nn2C)CCCC3)CC1. The maximum atomic E-state index is 13.2. The molecule has 1 atom stereocenters. The van der Waals surface area contributed by atoms with E-state index in [1.165, 1.54) is 18.4 Å². The van der Waals surface area contributed by atoms with Gasteiger partial charge in [-0.15, -0.1) is 0 Å². The lowest BCUT2D eigenvalue weighted by molar-refractivity contribution is -0.134. The van der Waals surface area contributed by atoms with Crippen LogP contribution in [0.3, 0.4) is 0 Å². The van der Waals surface area contributed by atoms with Gasteiger partial charge in [0.15, 0.2) is 0 Å². The summed E-state index contributed by atoms with van der Waals surface area (Å²) in [5.41, 5.74) is 3.12. The maximum Gasteiger partial charge on any atom is 0.272 e. The molecule has 0 aromatic carbocycles. The minimum Gasteiger partial charge on any atom is -0.340 e. The summed E-state index contributed by atoms with van der Waals surface area (Å²) in [5, 5.41) is 4.61. The number of aromatic nitrogens is 2. The van der Waals surface area contributed by atoms with Crippen LogP contribution in [0.1, 0.15) is 73.6 Å². The van der Waals surface area contributed by atoms with Gasteiger partial charge in [0.2, 0.25) is 5.91 Å². The van der Waals surface area contributed by atoms with Gasteiger partial charge in [-0.2, -0.15) is 5.10 Å². The molecule has 4 rings (SSSR count). The Bertz CT molecular complexity index is 718. The van der Waals surface area contributed by atoms with Crippen LogP contribution < -0.4 is 0 Å².